The van der Waals surface area contributed by atoms with Gasteiger partial charge in [-0.15, -0.1) is 0 Å². The number of aliphatic hydroxyl groups excluding tert-OH is 1. The van der Waals surface area contributed by atoms with E-state index in [2.05, 4.69) is 4.90 Å². The van der Waals surface area contributed by atoms with Crippen LogP contribution >= 0.6 is 0 Å². The predicted octanol–water partition coefficient (Wildman–Crippen LogP) is 3.45. The second-order valence-corrected chi connectivity index (χ2v) is 7.78. The van der Waals surface area contributed by atoms with Crippen molar-refractivity contribution in [2.45, 2.75) is 32.2 Å². The molecule has 2 heterocycles. The Balaban J connectivity index is 1.47. The number of para-hydroxylation sites is 1. The van der Waals surface area contributed by atoms with Crippen LogP contribution in [0.1, 0.15) is 29.6 Å². The minimum Gasteiger partial charge on any atom is -0.492 e. The van der Waals surface area contributed by atoms with Gasteiger partial charge in [0.05, 0.1) is 6.54 Å². The molecule has 2 N–H and O–H groups in total. The van der Waals surface area contributed by atoms with Crippen LogP contribution in [-0.2, 0) is 25.3 Å². The average Bonchev–Trinajstić information content (AvgIpc) is 3.11. The zero-order valence-electron chi connectivity index (χ0n) is 17.1. The van der Waals surface area contributed by atoms with Gasteiger partial charge in [0, 0.05) is 18.7 Å². The quantitative estimate of drug-likeness (QED) is 0.623. The van der Waals surface area contributed by atoms with Gasteiger partial charge in [0.1, 0.15) is 48.4 Å². The molecule has 0 radical (unpaired) electrons. The van der Waals surface area contributed by atoms with Crippen molar-refractivity contribution in [2.24, 2.45) is 0 Å². The summed E-state index contributed by atoms with van der Waals surface area (Å²) < 4.78 is 17.3. The van der Waals surface area contributed by atoms with Gasteiger partial charge >= 0.3 is 0 Å². The zero-order chi connectivity index (χ0) is 21.0. The summed E-state index contributed by atoms with van der Waals surface area (Å²) in [5.74, 6) is 2.93. The standard InChI is InChI=1S/C24H27NO5/c1-24(27,17-29-20-5-3-2-4-6-20)19-7-10-23-18(13-19)14-25(11-12-28-23)15-21-8-9-22(16-26)30-21/h2-10,13,26-27H,11-12,14-17H2,1H3. The highest BCUT2D eigenvalue weighted by molar-refractivity contribution is 5.40. The number of hydrogen-bond acceptors (Lipinski definition) is 6. The van der Waals surface area contributed by atoms with Crippen molar-refractivity contribution in [2.75, 3.05) is 19.8 Å². The summed E-state index contributed by atoms with van der Waals surface area (Å²) in [6.07, 6.45) is 0. The van der Waals surface area contributed by atoms with E-state index in [0.717, 1.165) is 34.9 Å². The van der Waals surface area contributed by atoms with Crippen molar-refractivity contribution in [1.82, 2.24) is 4.90 Å². The average molecular weight is 409 g/mol. The van der Waals surface area contributed by atoms with Crippen LogP contribution in [0.25, 0.3) is 0 Å². The van der Waals surface area contributed by atoms with Gasteiger partial charge in [0.2, 0.25) is 0 Å². The number of hydrogen-bond donors (Lipinski definition) is 2. The molecule has 1 unspecified atom stereocenters. The Hall–Kier alpha value is -2.80. The molecular weight excluding hydrogens is 382 g/mol. The van der Waals surface area contributed by atoms with Crippen molar-refractivity contribution in [1.29, 1.82) is 0 Å². The summed E-state index contributed by atoms with van der Waals surface area (Å²) in [4.78, 5) is 2.23. The molecule has 1 aromatic heterocycles. The Labute approximate surface area is 176 Å². The summed E-state index contributed by atoms with van der Waals surface area (Å²) >= 11 is 0. The highest BCUT2D eigenvalue weighted by Gasteiger charge is 2.27. The molecule has 158 valence electrons. The van der Waals surface area contributed by atoms with E-state index in [1.54, 1.807) is 13.0 Å². The van der Waals surface area contributed by atoms with Crippen molar-refractivity contribution >= 4 is 0 Å². The molecule has 3 aromatic rings. The van der Waals surface area contributed by atoms with Crippen LogP contribution in [0, 0.1) is 0 Å². The summed E-state index contributed by atoms with van der Waals surface area (Å²) in [5.41, 5.74) is 0.654. The minimum absolute atomic E-state index is 0.102. The zero-order valence-corrected chi connectivity index (χ0v) is 17.1. The second-order valence-electron chi connectivity index (χ2n) is 7.78. The molecule has 6 nitrogen and oxygen atoms in total. The van der Waals surface area contributed by atoms with Crippen LogP contribution in [0.15, 0.2) is 65.1 Å². The summed E-state index contributed by atoms with van der Waals surface area (Å²) in [6.45, 7) is 4.44. The SMILES string of the molecule is CC(O)(COc1ccccc1)c1ccc2c(c1)CN(Cc1ccc(CO)o1)CCO2. The number of benzene rings is 2. The molecule has 1 aliphatic heterocycles. The molecule has 1 aliphatic rings. The molecule has 0 amide bonds. The third-order valence-electron chi connectivity index (χ3n) is 5.26. The van der Waals surface area contributed by atoms with E-state index >= 15 is 0 Å². The summed E-state index contributed by atoms with van der Waals surface area (Å²) in [7, 11) is 0. The fourth-order valence-corrected chi connectivity index (χ4v) is 3.56. The van der Waals surface area contributed by atoms with Gasteiger partial charge in [0.15, 0.2) is 0 Å². The minimum atomic E-state index is -1.14. The van der Waals surface area contributed by atoms with Gasteiger partial charge in [-0.1, -0.05) is 24.3 Å². The topological polar surface area (TPSA) is 75.3 Å². The van der Waals surface area contributed by atoms with Gasteiger partial charge in [-0.2, -0.15) is 0 Å². The molecule has 0 saturated heterocycles. The van der Waals surface area contributed by atoms with Crippen LogP contribution in [-0.4, -0.2) is 34.9 Å². The van der Waals surface area contributed by atoms with E-state index in [1.165, 1.54) is 0 Å². The van der Waals surface area contributed by atoms with Gasteiger partial charge in [-0.3, -0.25) is 4.90 Å². The van der Waals surface area contributed by atoms with Crippen molar-refractivity contribution < 1.29 is 24.1 Å². The molecule has 0 bridgehead atoms. The highest BCUT2D eigenvalue weighted by atomic mass is 16.5. The molecule has 6 heteroatoms. The first-order valence-electron chi connectivity index (χ1n) is 10.1. The molecular formula is C24H27NO5. The number of ether oxygens (including phenoxy) is 2. The summed E-state index contributed by atoms with van der Waals surface area (Å²) in [5, 5.41) is 20.2. The maximum Gasteiger partial charge on any atom is 0.129 e. The predicted molar refractivity (Wildman–Crippen MR) is 112 cm³/mol. The van der Waals surface area contributed by atoms with Crippen LogP contribution in [0.5, 0.6) is 11.5 Å². The van der Waals surface area contributed by atoms with Gasteiger partial charge in [-0.05, 0) is 48.9 Å². The number of rotatable bonds is 7. The fraction of sp³-hybridized carbons (Fsp3) is 0.333. The molecule has 0 spiro atoms. The first-order chi connectivity index (χ1) is 14.5. The van der Waals surface area contributed by atoms with Crippen molar-refractivity contribution in [3.63, 3.8) is 0 Å². The van der Waals surface area contributed by atoms with Gasteiger partial charge in [-0.25, -0.2) is 0 Å². The monoisotopic (exact) mass is 409 g/mol. The lowest BCUT2D eigenvalue weighted by Gasteiger charge is -2.25. The Bertz CT molecular complexity index is 967. The number of furan rings is 1. The molecule has 1 atom stereocenters. The molecule has 30 heavy (non-hydrogen) atoms. The Morgan fingerprint density at radius 1 is 1.07 bits per heavy atom. The van der Waals surface area contributed by atoms with Gasteiger partial charge < -0.3 is 24.1 Å². The lowest BCUT2D eigenvalue weighted by molar-refractivity contribution is 0.00748. The number of aliphatic hydroxyl groups is 2. The molecule has 0 aliphatic carbocycles. The van der Waals surface area contributed by atoms with Crippen LogP contribution < -0.4 is 9.47 Å². The number of fused-ring (bicyclic) bond motifs is 1. The molecule has 2 aromatic carbocycles. The highest BCUT2D eigenvalue weighted by Crippen LogP contribution is 2.30. The largest absolute Gasteiger partial charge is 0.492 e. The van der Waals surface area contributed by atoms with E-state index in [-0.39, 0.29) is 13.2 Å². The maximum absolute atomic E-state index is 11.0. The molecule has 4 rings (SSSR count). The van der Waals surface area contributed by atoms with Gasteiger partial charge in [0.25, 0.3) is 0 Å². The van der Waals surface area contributed by atoms with Crippen LogP contribution in [0.4, 0.5) is 0 Å². The molecule has 0 fully saturated rings. The fourth-order valence-electron chi connectivity index (χ4n) is 3.56. The lowest BCUT2D eigenvalue weighted by Crippen LogP contribution is -2.30. The lowest BCUT2D eigenvalue weighted by atomic mass is 9.94. The van der Waals surface area contributed by atoms with Crippen molar-refractivity contribution in [3.8, 4) is 11.5 Å². The third-order valence-corrected chi connectivity index (χ3v) is 5.26. The Kier molecular flexibility index (Phi) is 6.08. The van der Waals surface area contributed by atoms with Crippen molar-refractivity contribution in [3.05, 3.63) is 83.3 Å². The first kappa shape index (κ1) is 20.5. The summed E-state index contributed by atoms with van der Waals surface area (Å²) in [6, 6.07) is 19.0. The normalized spacial score (nSPS) is 16.2. The Morgan fingerprint density at radius 2 is 1.87 bits per heavy atom. The Morgan fingerprint density at radius 3 is 2.63 bits per heavy atom. The van der Waals surface area contributed by atoms with E-state index < -0.39 is 5.60 Å². The first-order valence-corrected chi connectivity index (χ1v) is 10.1. The van der Waals surface area contributed by atoms with E-state index in [4.69, 9.17) is 13.9 Å². The smallest absolute Gasteiger partial charge is 0.129 e. The number of nitrogens with zero attached hydrogens (tertiary/aromatic N) is 1. The van der Waals surface area contributed by atoms with E-state index in [9.17, 15) is 10.2 Å². The van der Waals surface area contributed by atoms with E-state index in [0.29, 0.717) is 25.5 Å². The maximum atomic E-state index is 11.0. The third kappa shape index (κ3) is 4.84. The molecule has 0 saturated carbocycles. The van der Waals surface area contributed by atoms with Crippen LogP contribution in [0.3, 0.4) is 0 Å². The van der Waals surface area contributed by atoms with E-state index in [1.807, 2.05) is 54.6 Å². The second kappa shape index (κ2) is 8.92. The van der Waals surface area contributed by atoms with Crippen LogP contribution in [0.2, 0.25) is 0 Å².